The second-order valence-electron chi connectivity index (χ2n) is 13.4. The Hall–Kier alpha value is -4.43. The van der Waals surface area contributed by atoms with Crippen molar-refractivity contribution in [2.75, 3.05) is 7.11 Å². The Morgan fingerprint density at radius 3 is 1.72 bits per heavy atom. The van der Waals surface area contributed by atoms with Gasteiger partial charge >= 0.3 is 5.97 Å². The Bertz CT molecular complexity index is 1720. The summed E-state index contributed by atoms with van der Waals surface area (Å²) in [6, 6.07) is 0. The number of amides is 1. The Morgan fingerprint density at radius 2 is 1.20 bits per heavy atom. The minimum absolute atomic E-state index is 0.0799. The van der Waals surface area contributed by atoms with Gasteiger partial charge in [-0.1, -0.05) is 52.0 Å². The van der Waals surface area contributed by atoms with Gasteiger partial charge in [-0.3, -0.25) is 24.0 Å². The summed E-state index contributed by atoms with van der Waals surface area (Å²) in [6.07, 6.45) is -0.296. The third kappa shape index (κ3) is 7.36. The van der Waals surface area contributed by atoms with Gasteiger partial charge in [0.25, 0.3) is 5.91 Å². The molecule has 0 saturated heterocycles. The summed E-state index contributed by atoms with van der Waals surface area (Å²) in [5.74, 6) is -11.2. The Labute approximate surface area is 290 Å². The van der Waals surface area contributed by atoms with E-state index in [2.05, 4.69) is 5.32 Å². The number of phenols is 2. The molecule has 13 nitrogen and oxygen atoms in total. The number of methoxy groups -OCH3 is 1. The molecule has 0 unspecified atom stereocenters. The number of nitrogens with one attached hydrogen (secondary N) is 1. The molecule has 13 heteroatoms. The van der Waals surface area contributed by atoms with Crippen LogP contribution in [0.1, 0.15) is 85.1 Å². The van der Waals surface area contributed by atoms with Crippen LogP contribution in [0.5, 0.6) is 11.5 Å². The molecule has 9 atom stereocenters. The fourth-order valence-corrected chi connectivity index (χ4v) is 6.44. The number of aliphatic hydroxyl groups excluding tert-OH is 4. The molecule has 0 spiro atoms. The lowest BCUT2D eigenvalue weighted by Gasteiger charge is -2.37. The van der Waals surface area contributed by atoms with E-state index in [0.717, 1.165) is 7.11 Å². The molecule has 1 amide bonds. The first-order chi connectivity index (χ1) is 23.2. The first-order valence-corrected chi connectivity index (χ1v) is 16.3. The van der Waals surface area contributed by atoms with E-state index in [4.69, 9.17) is 4.74 Å². The molecule has 1 aliphatic carbocycles. The molecule has 1 aromatic rings. The maximum Gasteiger partial charge on any atom is 0.313 e. The summed E-state index contributed by atoms with van der Waals surface area (Å²) >= 11 is 0. The van der Waals surface area contributed by atoms with E-state index < -0.39 is 117 Å². The third-order valence-corrected chi connectivity index (χ3v) is 9.98. The third-order valence-electron chi connectivity index (χ3n) is 9.98. The van der Waals surface area contributed by atoms with Gasteiger partial charge in [-0.25, -0.2) is 0 Å². The molecule has 50 heavy (non-hydrogen) atoms. The summed E-state index contributed by atoms with van der Waals surface area (Å²) in [7, 11) is 1.07. The molecule has 272 valence electrons. The first kappa shape index (κ1) is 40.0. The highest BCUT2D eigenvalue weighted by Crippen LogP contribution is 2.43. The molecule has 7 N–H and O–H groups in total. The highest BCUT2D eigenvalue weighted by molar-refractivity contribution is 6.32. The number of esters is 1. The highest BCUT2D eigenvalue weighted by Gasteiger charge is 2.45. The number of phenolic OH excluding ortho intramolecular Hbond substituents is 2. The second kappa shape index (κ2) is 15.6. The number of hydrogen-bond acceptors (Lipinski definition) is 12. The van der Waals surface area contributed by atoms with Gasteiger partial charge in [0.2, 0.25) is 5.78 Å². The topological polar surface area (TPSA) is 228 Å². The van der Waals surface area contributed by atoms with Crippen LogP contribution in [0, 0.1) is 36.5 Å². The monoisotopic (exact) mass is 697 g/mol. The number of aromatic hydroxyl groups is 2. The zero-order chi connectivity index (χ0) is 38.1. The van der Waals surface area contributed by atoms with Crippen LogP contribution in [0.3, 0.4) is 0 Å². The van der Waals surface area contributed by atoms with Crippen molar-refractivity contribution in [2.45, 2.75) is 79.8 Å². The van der Waals surface area contributed by atoms with E-state index >= 15 is 0 Å². The van der Waals surface area contributed by atoms with Crippen LogP contribution in [0.2, 0.25) is 0 Å². The first-order valence-electron chi connectivity index (χ1n) is 16.3. The standard InChI is InChI=1S/C37H47NO12/c1-14-11-10-12-15(2)36(48)38-26-18(5)30(42)22-23(31(43)21(8)32(44)24(22)35(26)47)29(41)17(4)13-16(3)28(40)20(7)34(46)25(37(49)50-9)33(45)19(6)27(14)39/h10-14,16,19-20,25,27-28,33-34,39-40,43-46H,1-9H3,(H,38,48)/b11-10-,15-12+,17-13+/t14-,16+,19-,20-,25-,27-,28+,33-,34-/m1/s1. The predicted octanol–water partition coefficient (Wildman–Crippen LogP) is 2.60. The lowest BCUT2D eigenvalue weighted by Crippen LogP contribution is -2.50. The molecule has 4 bridgehead atoms. The highest BCUT2D eigenvalue weighted by atomic mass is 16.5. The number of allylic oxidation sites excluding steroid dienone is 5. The van der Waals surface area contributed by atoms with E-state index in [-0.39, 0.29) is 22.3 Å². The number of fused-ring (bicyclic) bond motifs is 15. The minimum atomic E-state index is -1.69. The fourth-order valence-electron chi connectivity index (χ4n) is 6.44. The molecule has 0 fully saturated rings. The van der Waals surface area contributed by atoms with Crippen LogP contribution >= 0.6 is 0 Å². The quantitative estimate of drug-likeness (QED) is 0.210. The lowest BCUT2D eigenvalue weighted by molar-refractivity contribution is -0.164. The summed E-state index contributed by atoms with van der Waals surface area (Å²) in [5, 5.41) is 69.4. The molecule has 0 radical (unpaired) electrons. The number of benzene rings is 1. The van der Waals surface area contributed by atoms with Crippen LogP contribution in [-0.2, 0) is 14.3 Å². The number of ketones is 3. The summed E-state index contributed by atoms with van der Waals surface area (Å²) in [5.41, 5.74) is -2.61. The molecular weight excluding hydrogens is 650 g/mol. The largest absolute Gasteiger partial charge is 0.507 e. The van der Waals surface area contributed by atoms with Gasteiger partial charge in [0.15, 0.2) is 11.6 Å². The van der Waals surface area contributed by atoms with Crippen molar-refractivity contribution in [3.05, 3.63) is 69.0 Å². The number of hydrogen-bond donors (Lipinski definition) is 7. The second-order valence-corrected chi connectivity index (χ2v) is 13.4. The molecule has 2 aliphatic heterocycles. The van der Waals surface area contributed by atoms with E-state index in [1.165, 1.54) is 72.8 Å². The van der Waals surface area contributed by atoms with Crippen molar-refractivity contribution in [1.29, 1.82) is 0 Å². The smallest absolute Gasteiger partial charge is 0.313 e. The van der Waals surface area contributed by atoms with Gasteiger partial charge in [-0.05, 0) is 33.3 Å². The maximum atomic E-state index is 13.9. The van der Waals surface area contributed by atoms with Gasteiger partial charge in [-0.2, -0.15) is 0 Å². The zero-order valence-electron chi connectivity index (χ0n) is 29.6. The molecule has 0 saturated carbocycles. The molecule has 0 aromatic heterocycles. The maximum absolute atomic E-state index is 13.9. The average molecular weight is 698 g/mol. The molecule has 4 rings (SSSR count). The molecule has 1 aromatic carbocycles. The number of ether oxygens (including phenoxy) is 1. The van der Waals surface area contributed by atoms with Crippen LogP contribution in [-0.4, -0.2) is 91.4 Å². The van der Waals surface area contributed by atoms with Crippen LogP contribution in [0.4, 0.5) is 0 Å². The van der Waals surface area contributed by atoms with E-state index in [1.807, 2.05) is 0 Å². The minimum Gasteiger partial charge on any atom is -0.507 e. The van der Waals surface area contributed by atoms with Gasteiger partial charge in [0, 0.05) is 40.4 Å². The Balaban J connectivity index is 2.28. The number of Topliss-reactive ketones (excluding diaryl/α,β-unsaturated/α-hetero) is 3. The van der Waals surface area contributed by atoms with Crippen LogP contribution < -0.4 is 5.32 Å². The van der Waals surface area contributed by atoms with Crippen molar-refractivity contribution >= 4 is 29.2 Å². The van der Waals surface area contributed by atoms with E-state index in [0.29, 0.717) is 0 Å². The number of rotatable bonds is 1. The van der Waals surface area contributed by atoms with Crippen molar-refractivity contribution in [3.8, 4) is 11.5 Å². The van der Waals surface area contributed by atoms with Crippen molar-refractivity contribution in [1.82, 2.24) is 5.32 Å². The van der Waals surface area contributed by atoms with Gasteiger partial charge in [0.05, 0.1) is 53.9 Å². The van der Waals surface area contributed by atoms with Crippen molar-refractivity contribution < 1.29 is 59.3 Å². The van der Waals surface area contributed by atoms with E-state index in [9.17, 15) is 54.6 Å². The zero-order valence-corrected chi connectivity index (χ0v) is 29.6. The molecule has 2 heterocycles. The predicted molar refractivity (Wildman–Crippen MR) is 181 cm³/mol. The van der Waals surface area contributed by atoms with Gasteiger partial charge in [0.1, 0.15) is 17.4 Å². The molecular formula is C37H47NO12. The van der Waals surface area contributed by atoms with Crippen molar-refractivity contribution in [3.63, 3.8) is 0 Å². The van der Waals surface area contributed by atoms with Crippen LogP contribution in [0.15, 0.2) is 46.7 Å². The summed E-state index contributed by atoms with van der Waals surface area (Å²) < 4.78 is 4.86. The van der Waals surface area contributed by atoms with Gasteiger partial charge < -0.3 is 40.7 Å². The summed E-state index contributed by atoms with van der Waals surface area (Å²) in [4.78, 5) is 67.5. The van der Waals surface area contributed by atoms with Crippen LogP contribution in [0.25, 0.3) is 0 Å². The van der Waals surface area contributed by atoms with Gasteiger partial charge in [-0.15, -0.1) is 0 Å². The Kier molecular flexibility index (Phi) is 12.5. The Morgan fingerprint density at radius 1 is 0.700 bits per heavy atom. The number of carbonyl (C=O) groups excluding carboxylic acids is 5. The SMILES string of the molecule is COC(=O)[C@H]1[C@H](O)[C@H](C)[C@@H](O)[C@@H](C)/C=C(\C)C(=O)c2c(O)c(C)c(O)c3c2C(=O)C(C)=C(NC(=O)/C(C)=C/C=C\[C@@H](C)[C@@H](O)[C@@H](C)[C@H]1O)C3=O. The number of aliphatic hydroxyl groups is 4. The van der Waals surface area contributed by atoms with E-state index in [1.54, 1.807) is 6.92 Å². The fraction of sp³-hybridized carbons (Fsp3) is 0.486. The lowest BCUT2D eigenvalue weighted by atomic mass is 9.76. The normalized spacial score (nSPS) is 33.3. The number of carbonyl (C=O) groups is 5. The average Bonchev–Trinajstić information content (AvgIpc) is 3.08. The molecule has 3 aliphatic rings. The summed E-state index contributed by atoms with van der Waals surface area (Å²) in [6.45, 7) is 11.3. The van der Waals surface area contributed by atoms with Crippen molar-refractivity contribution in [2.24, 2.45) is 29.6 Å².